The van der Waals surface area contributed by atoms with Crippen LogP contribution in [-0.4, -0.2) is 21.3 Å². The Kier molecular flexibility index (Phi) is 4.31. The van der Waals surface area contributed by atoms with E-state index in [1.54, 1.807) is 0 Å². The average Bonchev–Trinajstić information content (AvgIpc) is 2.83. The summed E-state index contributed by atoms with van der Waals surface area (Å²) in [4.78, 5) is 12.1. The van der Waals surface area contributed by atoms with Crippen molar-refractivity contribution in [3.63, 3.8) is 0 Å². The van der Waals surface area contributed by atoms with Crippen molar-refractivity contribution < 1.29 is 4.79 Å². The molecule has 0 unspecified atom stereocenters. The van der Waals surface area contributed by atoms with Crippen molar-refractivity contribution in [2.75, 3.05) is 5.33 Å². The van der Waals surface area contributed by atoms with Crippen molar-refractivity contribution >= 4 is 21.7 Å². The van der Waals surface area contributed by atoms with Crippen LogP contribution in [0.3, 0.4) is 0 Å². The molecule has 0 amide bonds. The van der Waals surface area contributed by atoms with Gasteiger partial charge in [-0.2, -0.15) is 5.10 Å². The molecule has 2 rings (SSSR count). The Morgan fingerprint density at radius 3 is 2.67 bits per heavy atom. The average molecular weight is 307 g/mol. The molecule has 0 aliphatic carbocycles. The number of Topliss-reactive ketones (excluding diaryl/α,β-unsaturated/α-hetero) is 1. The quantitative estimate of drug-likeness (QED) is 0.677. The van der Waals surface area contributed by atoms with E-state index in [0.29, 0.717) is 5.33 Å². The van der Waals surface area contributed by atoms with E-state index in [4.69, 9.17) is 0 Å². The fourth-order valence-electron chi connectivity index (χ4n) is 1.98. The van der Waals surface area contributed by atoms with Crippen LogP contribution in [0.2, 0.25) is 0 Å². The molecule has 94 valence electrons. The predicted octanol–water partition coefficient (Wildman–Crippen LogP) is 3.61. The summed E-state index contributed by atoms with van der Waals surface area (Å²) in [6, 6.07) is 9.79. The zero-order valence-corrected chi connectivity index (χ0v) is 11.8. The summed E-state index contributed by atoms with van der Waals surface area (Å²) < 4.78 is 0. The van der Waals surface area contributed by atoms with Gasteiger partial charge in [0.15, 0.2) is 5.78 Å². The molecule has 0 aliphatic heterocycles. The number of carbonyl (C=O) groups is 1. The number of alkyl halides is 1. The standard InChI is InChI=1S/C14H15BrN2O/c1-2-6-11-13(12(18)9-15)14(17-16-11)10-7-4-3-5-8-10/h3-5,7-8H,2,6,9H2,1H3,(H,16,17). The topological polar surface area (TPSA) is 45.8 Å². The molecule has 0 aliphatic rings. The Balaban J connectivity index is 2.51. The number of benzene rings is 1. The third kappa shape index (κ3) is 2.53. The molecular weight excluding hydrogens is 292 g/mol. The molecule has 4 heteroatoms. The van der Waals surface area contributed by atoms with E-state index in [1.165, 1.54) is 0 Å². The van der Waals surface area contributed by atoms with Gasteiger partial charge in [0.2, 0.25) is 0 Å². The first-order valence-corrected chi connectivity index (χ1v) is 7.11. The molecule has 0 atom stereocenters. The number of ketones is 1. The molecular formula is C14H15BrN2O. The lowest BCUT2D eigenvalue weighted by Gasteiger charge is -2.02. The highest BCUT2D eigenvalue weighted by atomic mass is 79.9. The van der Waals surface area contributed by atoms with E-state index in [1.807, 2.05) is 30.3 Å². The van der Waals surface area contributed by atoms with Gasteiger partial charge in [-0.15, -0.1) is 0 Å². The number of aromatic nitrogens is 2. The van der Waals surface area contributed by atoms with Crippen molar-refractivity contribution in [3.8, 4) is 11.3 Å². The van der Waals surface area contributed by atoms with Gasteiger partial charge in [0, 0.05) is 11.3 Å². The Labute approximate surface area is 115 Å². The van der Waals surface area contributed by atoms with E-state index in [-0.39, 0.29) is 5.78 Å². The number of halogens is 1. The Hall–Kier alpha value is -1.42. The fraction of sp³-hybridized carbons (Fsp3) is 0.286. The zero-order valence-electron chi connectivity index (χ0n) is 10.2. The van der Waals surface area contributed by atoms with Crippen LogP contribution >= 0.6 is 15.9 Å². The highest BCUT2D eigenvalue weighted by Crippen LogP contribution is 2.25. The summed E-state index contributed by atoms with van der Waals surface area (Å²) in [6.07, 6.45) is 1.83. The number of nitrogens with one attached hydrogen (secondary N) is 1. The summed E-state index contributed by atoms with van der Waals surface area (Å²) in [7, 11) is 0. The first kappa shape index (κ1) is 13.0. The Bertz CT molecular complexity index is 534. The molecule has 2 aromatic rings. The Morgan fingerprint density at radius 2 is 2.06 bits per heavy atom. The van der Waals surface area contributed by atoms with Gasteiger partial charge in [-0.1, -0.05) is 59.6 Å². The van der Waals surface area contributed by atoms with Crippen LogP contribution in [0, 0.1) is 0 Å². The minimum atomic E-state index is 0.0750. The van der Waals surface area contributed by atoms with Crippen LogP contribution in [0.15, 0.2) is 30.3 Å². The van der Waals surface area contributed by atoms with E-state index >= 15 is 0 Å². The van der Waals surface area contributed by atoms with E-state index in [0.717, 1.165) is 35.4 Å². The van der Waals surface area contributed by atoms with Gasteiger partial charge in [0.25, 0.3) is 0 Å². The summed E-state index contributed by atoms with van der Waals surface area (Å²) in [5, 5.41) is 7.63. The third-order valence-electron chi connectivity index (χ3n) is 2.79. The second kappa shape index (κ2) is 5.96. The molecule has 1 aromatic heterocycles. The monoisotopic (exact) mass is 306 g/mol. The molecule has 0 radical (unpaired) electrons. The van der Waals surface area contributed by atoms with Crippen LogP contribution in [-0.2, 0) is 6.42 Å². The van der Waals surface area contributed by atoms with Crippen molar-refractivity contribution in [3.05, 3.63) is 41.6 Å². The number of carbonyl (C=O) groups excluding carboxylic acids is 1. The van der Waals surface area contributed by atoms with E-state index < -0.39 is 0 Å². The van der Waals surface area contributed by atoms with Crippen LogP contribution < -0.4 is 0 Å². The molecule has 1 heterocycles. The molecule has 18 heavy (non-hydrogen) atoms. The molecule has 0 saturated carbocycles. The maximum atomic E-state index is 12.1. The van der Waals surface area contributed by atoms with Crippen LogP contribution in [0.5, 0.6) is 0 Å². The van der Waals surface area contributed by atoms with Crippen molar-refractivity contribution in [1.29, 1.82) is 0 Å². The van der Waals surface area contributed by atoms with Gasteiger partial charge in [0.05, 0.1) is 10.9 Å². The summed E-state index contributed by atoms with van der Waals surface area (Å²) >= 11 is 3.24. The Morgan fingerprint density at radius 1 is 1.33 bits per heavy atom. The molecule has 0 fully saturated rings. The second-order valence-electron chi connectivity index (χ2n) is 4.10. The molecule has 0 spiro atoms. The number of aryl methyl sites for hydroxylation is 1. The number of hydrogen-bond acceptors (Lipinski definition) is 2. The van der Waals surface area contributed by atoms with Crippen LogP contribution in [0.25, 0.3) is 11.3 Å². The molecule has 0 bridgehead atoms. The van der Waals surface area contributed by atoms with Crippen molar-refractivity contribution in [2.24, 2.45) is 0 Å². The molecule has 1 aromatic carbocycles. The third-order valence-corrected chi connectivity index (χ3v) is 3.30. The SMILES string of the molecule is CCCc1[nH]nc(-c2ccccc2)c1C(=O)CBr. The lowest BCUT2D eigenvalue weighted by atomic mass is 10.0. The number of rotatable bonds is 5. The number of nitrogens with zero attached hydrogens (tertiary/aromatic N) is 1. The van der Waals surface area contributed by atoms with E-state index in [9.17, 15) is 4.79 Å². The fourth-order valence-corrected chi connectivity index (χ4v) is 2.26. The minimum Gasteiger partial charge on any atom is -0.293 e. The summed E-state index contributed by atoms with van der Waals surface area (Å²) in [5.74, 6) is 0.0750. The normalized spacial score (nSPS) is 10.6. The smallest absolute Gasteiger partial charge is 0.177 e. The van der Waals surface area contributed by atoms with Gasteiger partial charge in [0.1, 0.15) is 5.69 Å². The first-order valence-electron chi connectivity index (χ1n) is 5.99. The number of hydrogen-bond donors (Lipinski definition) is 1. The van der Waals surface area contributed by atoms with Gasteiger partial charge < -0.3 is 0 Å². The van der Waals surface area contributed by atoms with Gasteiger partial charge in [-0.25, -0.2) is 0 Å². The lowest BCUT2D eigenvalue weighted by Crippen LogP contribution is -2.04. The lowest BCUT2D eigenvalue weighted by molar-refractivity contribution is 0.102. The van der Waals surface area contributed by atoms with Gasteiger partial charge in [-0.05, 0) is 6.42 Å². The largest absolute Gasteiger partial charge is 0.293 e. The maximum absolute atomic E-state index is 12.1. The van der Waals surface area contributed by atoms with Crippen LogP contribution in [0.1, 0.15) is 29.4 Å². The van der Waals surface area contributed by atoms with E-state index in [2.05, 4.69) is 33.1 Å². The molecule has 3 nitrogen and oxygen atoms in total. The minimum absolute atomic E-state index is 0.0750. The molecule has 0 saturated heterocycles. The highest BCUT2D eigenvalue weighted by molar-refractivity contribution is 9.09. The summed E-state index contributed by atoms with van der Waals surface area (Å²) in [5.41, 5.74) is 3.38. The predicted molar refractivity (Wildman–Crippen MR) is 76.1 cm³/mol. The maximum Gasteiger partial charge on any atom is 0.177 e. The van der Waals surface area contributed by atoms with Crippen molar-refractivity contribution in [2.45, 2.75) is 19.8 Å². The number of H-pyrrole nitrogens is 1. The highest BCUT2D eigenvalue weighted by Gasteiger charge is 2.19. The number of aromatic amines is 1. The summed E-state index contributed by atoms with van der Waals surface area (Å²) in [6.45, 7) is 2.09. The second-order valence-corrected chi connectivity index (χ2v) is 4.66. The van der Waals surface area contributed by atoms with Crippen LogP contribution in [0.4, 0.5) is 0 Å². The van der Waals surface area contributed by atoms with Gasteiger partial charge in [-0.3, -0.25) is 9.89 Å². The zero-order chi connectivity index (χ0) is 13.0. The van der Waals surface area contributed by atoms with Gasteiger partial charge >= 0.3 is 0 Å². The van der Waals surface area contributed by atoms with Crippen molar-refractivity contribution in [1.82, 2.24) is 10.2 Å². The first-order chi connectivity index (χ1) is 8.77. The molecule has 1 N–H and O–H groups in total.